The zero-order valence-corrected chi connectivity index (χ0v) is 12.5. The topological polar surface area (TPSA) is 81.8 Å². The Hall–Kier alpha value is -3.35. The number of hydrogen-bond donors (Lipinski definition) is 0. The van der Waals surface area contributed by atoms with Crippen molar-refractivity contribution in [2.75, 3.05) is 0 Å². The number of ether oxygens (including phenoxy) is 1. The average Bonchev–Trinajstić information content (AvgIpc) is 2.88. The lowest BCUT2D eigenvalue weighted by atomic mass is 10.1. The Balaban J connectivity index is 2.04. The number of carbonyl (C=O) groups is 1. The van der Waals surface area contributed by atoms with E-state index in [9.17, 15) is 19.3 Å². The standard InChI is InChI=1S/C17H11FN2O4/c1-10-5-6-15(20(22)23)13(7-10)16-19-14(17(21)24-16)9-11-3-2-4-12(18)8-11/h2-9H,1H3/b14-9-. The van der Waals surface area contributed by atoms with Gasteiger partial charge < -0.3 is 4.74 Å². The fourth-order valence-electron chi connectivity index (χ4n) is 2.26. The minimum Gasteiger partial charge on any atom is -0.402 e. The third-order valence-corrected chi connectivity index (χ3v) is 3.35. The monoisotopic (exact) mass is 326 g/mol. The van der Waals surface area contributed by atoms with E-state index in [-0.39, 0.29) is 22.8 Å². The zero-order chi connectivity index (χ0) is 17.3. The van der Waals surface area contributed by atoms with Crippen molar-refractivity contribution in [3.05, 3.63) is 80.8 Å². The van der Waals surface area contributed by atoms with Gasteiger partial charge in [-0.1, -0.05) is 18.2 Å². The lowest BCUT2D eigenvalue weighted by molar-refractivity contribution is -0.385. The predicted octanol–water partition coefficient (Wildman–Crippen LogP) is 3.39. The first kappa shape index (κ1) is 15.5. The summed E-state index contributed by atoms with van der Waals surface area (Å²) in [6.07, 6.45) is 1.36. The van der Waals surface area contributed by atoms with E-state index in [1.54, 1.807) is 19.1 Å². The van der Waals surface area contributed by atoms with Crippen LogP contribution in [-0.2, 0) is 9.53 Å². The van der Waals surface area contributed by atoms with Crippen molar-refractivity contribution >= 4 is 23.6 Å². The summed E-state index contributed by atoms with van der Waals surface area (Å²) in [4.78, 5) is 26.5. The van der Waals surface area contributed by atoms with E-state index in [1.807, 2.05) is 0 Å². The first-order valence-electron chi connectivity index (χ1n) is 6.97. The fourth-order valence-corrected chi connectivity index (χ4v) is 2.26. The van der Waals surface area contributed by atoms with Crippen molar-refractivity contribution < 1.29 is 18.8 Å². The molecule has 120 valence electrons. The van der Waals surface area contributed by atoms with Gasteiger partial charge >= 0.3 is 5.97 Å². The summed E-state index contributed by atoms with van der Waals surface area (Å²) >= 11 is 0. The van der Waals surface area contributed by atoms with Crippen LogP contribution in [0.3, 0.4) is 0 Å². The first-order valence-corrected chi connectivity index (χ1v) is 6.97. The van der Waals surface area contributed by atoms with Gasteiger partial charge in [-0.3, -0.25) is 10.1 Å². The highest BCUT2D eigenvalue weighted by atomic mass is 19.1. The number of carbonyl (C=O) groups excluding carboxylic acids is 1. The van der Waals surface area contributed by atoms with Crippen molar-refractivity contribution in [1.82, 2.24) is 0 Å². The summed E-state index contributed by atoms with van der Waals surface area (Å²) in [7, 11) is 0. The Morgan fingerprint density at radius 2 is 2.04 bits per heavy atom. The summed E-state index contributed by atoms with van der Waals surface area (Å²) in [6, 6.07) is 10.1. The van der Waals surface area contributed by atoms with Crippen molar-refractivity contribution in [2.24, 2.45) is 4.99 Å². The summed E-state index contributed by atoms with van der Waals surface area (Å²) in [6.45, 7) is 1.76. The molecule has 0 bridgehead atoms. The van der Waals surface area contributed by atoms with Gasteiger partial charge in [0.15, 0.2) is 5.70 Å². The normalized spacial score (nSPS) is 15.3. The van der Waals surface area contributed by atoms with Crippen LogP contribution in [0, 0.1) is 22.9 Å². The molecule has 2 aromatic rings. The number of hydrogen-bond acceptors (Lipinski definition) is 5. The molecule has 3 rings (SSSR count). The molecule has 1 aliphatic rings. The molecule has 0 N–H and O–H groups in total. The Kier molecular flexibility index (Phi) is 3.91. The number of cyclic esters (lactones) is 1. The highest BCUT2D eigenvalue weighted by molar-refractivity contribution is 6.14. The molecule has 6 nitrogen and oxygen atoms in total. The number of nitrogens with zero attached hydrogens (tertiary/aromatic N) is 2. The maximum atomic E-state index is 13.2. The molecule has 0 atom stereocenters. The number of aryl methyl sites for hydroxylation is 1. The average molecular weight is 326 g/mol. The first-order chi connectivity index (χ1) is 11.4. The smallest absolute Gasteiger partial charge is 0.363 e. The van der Waals surface area contributed by atoms with Gasteiger partial charge in [-0.25, -0.2) is 14.2 Å². The molecular weight excluding hydrogens is 315 g/mol. The van der Waals surface area contributed by atoms with E-state index in [2.05, 4.69) is 4.99 Å². The maximum absolute atomic E-state index is 13.2. The van der Waals surface area contributed by atoms with Gasteiger partial charge in [0.1, 0.15) is 11.4 Å². The summed E-state index contributed by atoms with van der Waals surface area (Å²) in [5, 5.41) is 11.1. The van der Waals surface area contributed by atoms with E-state index in [0.717, 1.165) is 5.56 Å². The lowest BCUT2D eigenvalue weighted by Crippen LogP contribution is -2.08. The molecule has 24 heavy (non-hydrogen) atoms. The lowest BCUT2D eigenvalue weighted by Gasteiger charge is -2.02. The van der Waals surface area contributed by atoms with Crippen LogP contribution in [-0.4, -0.2) is 16.8 Å². The minimum absolute atomic E-state index is 0.0496. The largest absolute Gasteiger partial charge is 0.402 e. The van der Waals surface area contributed by atoms with Gasteiger partial charge in [0.2, 0.25) is 5.90 Å². The molecular formula is C17H11FN2O4. The highest BCUT2D eigenvalue weighted by Crippen LogP contribution is 2.26. The van der Waals surface area contributed by atoms with Gasteiger partial charge in [0.25, 0.3) is 5.69 Å². The van der Waals surface area contributed by atoms with Gasteiger partial charge in [-0.15, -0.1) is 0 Å². The second-order valence-corrected chi connectivity index (χ2v) is 5.17. The Morgan fingerprint density at radius 1 is 1.25 bits per heavy atom. The second-order valence-electron chi connectivity index (χ2n) is 5.17. The molecule has 2 aromatic carbocycles. The molecule has 0 aromatic heterocycles. The number of halogens is 1. The fraction of sp³-hybridized carbons (Fsp3) is 0.0588. The van der Waals surface area contributed by atoms with E-state index in [1.165, 1.54) is 36.4 Å². The van der Waals surface area contributed by atoms with Crippen molar-refractivity contribution in [3.63, 3.8) is 0 Å². The number of rotatable bonds is 3. The summed E-state index contributed by atoms with van der Waals surface area (Å²) in [5.41, 5.74) is 1.06. The van der Waals surface area contributed by atoms with Gasteiger partial charge in [-0.05, 0) is 42.3 Å². The van der Waals surface area contributed by atoms with Crippen molar-refractivity contribution in [2.45, 2.75) is 6.92 Å². The van der Waals surface area contributed by atoms with Crippen LogP contribution < -0.4 is 0 Å². The van der Waals surface area contributed by atoms with Crippen LogP contribution >= 0.6 is 0 Å². The molecule has 0 fully saturated rings. The van der Waals surface area contributed by atoms with Crippen LogP contribution in [0.25, 0.3) is 6.08 Å². The highest BCUT2D eigenvalue weighted by Gasteiger charge is 2.29. The van der Waals surface area contributed by atoms with Crippen LogP contribution in [0.15, 0.2) is 53.2 Å². The van der Waals surface area contributed by atoms with E-state index in [0.29, 0.717) is 5.56 Å². The zero-order valence-electron chi connectivity index (χ0n) is 12.5. The van der Waals surface area contributed by atoms with Crippen LogP contribution in [0.2, 0.25) is 0 Å². The van der Waals surface area contributed by atoms with Crippen molar-refractivity contribution in [1.29, 1.82) is 0 Å². The quantitative estimate of drug-likeness (QED) is 0.375. The summed E-state index contributed by atoms with van der Waals surface area (Å²) < 4.78 is 18.3. The van der Waals surface area contributed by atoms with Gasteiger partial charge in [-0.2, -0.15) is 0 Å². The number of nitro groups is 1. The maximum Gasteiger partial charge on any atom is 0.363 e. The number of benzene rings is 2. The molecule has 0 radical (unpaired) electrons. The predicted molar refractivity (Wildman–Crippen MR) is 84.8 cm³/mol. The molecule has 1 heterocycles. The van der Waals surface area contributed by atoms with Crippen LogP contribution in [0.4, 0.5) is 10.1 Å². The Morgan fingerprint density at radius 3 is 2.75 bits per heavy atom. The van der Waals surface area contributed by atoms with Gasteiger partial charge in [0.05, 0.1) is 4.92 Å². The number of aliphatic imine (C=N–C) groups is 1. The second kappa shape index (κ2) is 6.04. The Bertz CT molecular complexity index is 919. The number of esters is 1. The Labute approximate surface area is 136 Å². The molecule has 0 saturated carbocycles. The minimum atomic E-state index is -0.745. The van der Waals surface area contributed by atoms with E-state index in [4.69, 9.17) is 4.74 Å². The molecule has 0 saturated heterocycles. The molecule has 7 heteroatoms. The van der Waals surface area contributed by atoms with Crippen LogP contribution in [0.5, 0.6) is 0 Å². The third kappa shape index (κ3) is 3.05. The van der Waals surface area contributed by atoms with E-state index >= 15 is 0 Å². The number of nitro benzene ring substituents is 1. The molecule has 0 aliphatic carbocycles. The molecule has 0 unspecified atom stereocenters. The van der Waals surface area contributed by atoms with E-state index < -0.39 is 16.7 Å². The third-order valence-electron chi connectivity index (χ3n) is 3.35. The molecule has 0 spiro atoms. The summed E-state index contributed by atoms with van der Waals surface area (Å²) in [5.74, 6) is -1.34. The van der Waals surface area contributed by atoms with Crippen molar-refractivity contribution in [3.8, 4) is 0 Å². The van der Waals surface area contributed by atoms with Gasteiger partial charge in [0, 0.05) is 6.07 Å². The SMILES string of the molecule is Cc1ccc([N+](=O)[O-])c(C2=N/C(=C\c3cccc(F)c3)C(=O)O2)c1. The molecule has 0 amide bonds. The molecule has 1 aliphatic heterocycles. The van der Waals surface area contributed by atoms with Crippen LogP contribution in [0.1, 0.15) is 16.7 Å².